The fraction of sp³-hybridized carbons (Fsp3) is 0.727. The van der Waals surface area contributed by atoms with Crippen molar-refractivity contribution in [2.75, 3.05) is 0 Å². The van der Waals surface area contributed by atoms with Crippen LogP contribution in [0.2, 0.25) is 0 Å². The van der Waals surface area contributed by atoms with Crippen molar-refractivity contribution in [1.82, 2.24) is 0 Å². The first-order valence-electron chi connectivity index (χ1n) is 9.86. The number of hydrogen-bond donors (Lipinski definition) is 1. The van der Waals surface area contributed by atoms with Gasteiger partial charge in [-0.2, -0.15) is 0 Å². The lowest BCUT2D eigenvalue weighted by atomic mass is 9.91. The van der Waals surface area contributed by atoms with Crippen molar-refractivity contribution < 1.29 is 5.11 Å². The molecule has 0 aliphatic heterocycles. The van der Waals surface area contributed by atoms with Crippen LogP contribution in [-0.4, -0.2) is 5.11 Å². The van der Waals surface area contributed by atoms with Gasteiger partial charge in [-0.3, -0.25) is 0 Å². The Kier molecular flexibility index (Phi) is 10.1. The molecule has 0 aliphatic carbocycles. The smallest absolute Gasteiger partial charge is 0.121 e. The number of aryl methyl sites for hydroxylation is 2. The predicted molar refractivity (Wildman–Crippen MR) is 102 cm³/mol. The lowest BCUT2D eigenvalue weighted by molar-refractivity contribution is 0.453. The molecule has 0 saturated carbocycles. The molecule has 0 saturated heterocycles. The van der Waals surface area contributed by atoms with Gasteiger partial charge in [0.1, 0.15) is 5.75 Å². The zero-order valence-electron chi connectivity index (χ0n) is 16.0. The normalized spacial score (nSPS) is 12.5. The summed E-state index contributed by atoms with van der Waals surface area (Å²) in [5, 5.41) is 10.3. The number of rotatable bonds is 12. The summed E-state index contributed by atoms with van der Waals surface area (Å²) in [5.41, 5.74) is 3.40. The summed E-state index contributed by atoms with van der Waals surface area (Å²) in [6.45, 7) is 8.64. The van der Waals surface area contributed by atoms with E-state index >= 15 is 0 Å². The third-order valence-corrected chi connectivity index (χ3v) is 5.00. The number of aromatic hydroxyl groups is 1. The van der Waals surface area contributed by atoms with Gasteiger partial charge >= 0.3 is 0 Å². The summed E-state index contributed by atoms with van der Waals surface area (Å²) >= 11 is 0. The van der Waals surface area contributed by atoms with Gasteiger partial charge in [-0.05, 0) is 37.3 Å². The predicted octanol–water partition coefficient (Wildman–Crippen LogP) is 7.42. The van der Waals surface area contributed by atoms with E-state index in [2.05, 4.69) is 32.9 Å². The molecular formula is C22H38O. The van der Waals surface area contributed by atoms with Crippen molar-refractivity contribution in [3.63, 3.8) is 0 Å². The van der Waals surface area contributed by atoms with Crippen molar-refractivity contribution in [3.8, 4) is 5.75 Å². The quantitative estimate of drug-likeness (QED) is 0.397. The number of unbranched alkanes of at least 4 members (excludes halogenated alkanes) is 9. The average Bonchev–Trinajstić information content (AvgIpc) is 2.52. The van der Waals surface area contributed by atoms with Crippen LogP contribution >= 0.6 is 0 Å². The van der Waals surface area contributed by atoms with E-state index < -0.39 is 0 Å². The zero-order valence-corrected chi connectivity index (χ0v) is 16.0. The Labute approximate surface area is 144 Å². The zero-order chi connectivity index (χ0) is 17.1. The van der Waals surface area contributed by atoms with E-state index in [1.165, 1.54) is 76.2 Å². The maximum absolute atomic E-state index is 10.3. The molecule has 1 heteroatoms. The van der Waals surface area contributed by atoms with E-state index in [0.717, 1.165) is 11.1 Å². The first kappa shape index (κ1) is 20.1. The Morgan fingerprint density at radius 2 is 1.35 bits per heavy atom. The van der Waals surface area contributed by atoms with Crippen LogP contribution in [0.3, 0.4) is 0 Å². The Balaban J connectivity index is 2.14. The molecule has 0 heterocycles. The highest BCUT2D eigenvalue weighted by atomic mass is 16.3. The number of hydrogen-bond acceptors (Lipinski definition) is 1. The van der Waals surface area contributed by atoms with Crippen LogP contribution in [0.4, 0.5) is 0 Å². The maximum atomic E-state index is 10.3. The van der Waals surface area contributed by atoms with Crippen molar-refractivity contribution >= 4 is 0 Å². The van der Waals surface area contributed by atoms with Gasteiger partial charge in [0.2, 0.25) is 0 Å². The second-order valence-corrected chi connectivity index (χ2v) is 7.39. The fourth-order valence-corrected chi connectivity index (χ4v) is 3.46. The molecule has 1 atom stereocenters. The van der Waals surface area contributed by atoms with Gasteiger partial charge < -0.3 is 5.11 Å². The van der Waals surface area contributed by atoms with E-state index in [9.17, 15) is 5.11 Å². The Hall–Kier alpha value is -0.980. The van der Waals surface area contributed by atoms with E-state index in [0.29, 0.717) is 11.7 Å². The van der Waals surface area contributed by atoms with E-state index in [-0.39, 0.29) is 0 Å². The van der Waals surface area contributed by atoms with Crippen LogP contribution in [0.5, 0.6) is 5.75 Å². The minimum atomic E-state index is 0.461. The van der Waals surface area contributed by atoms with Crippen molar-refractivity contribution in [2.45, 2.75) is 104 Å². The summed E-state index contributed by atoms with van der Waals surface area (Å²) in [6.07, 6.45) is 15.0. The van der Waals surface area contributed by atoms with Gasteiger partial charge in [-0.1, -0.05) is 95.8 Å². The molecule has 1 rings (SSSR count). The van der Waals surface area contributed by atoms with E-state index in [1.54, 1.807) is 0 Å². The molecule has 0 spiro atoms. The topological polar surface area (TPSA) is 20.2 Å². The number of phenolic OH excluding ortho intramolecular Hbond substituents is 1. The van der Waals surface area contributed by atoms with Gasteiger partial charge in [0.25, 0.3) is 0 Å². The summed E-state index contributed by atoms with van der Waals surface area (Å²) < 4.78 is 0. The molecule has 132 valence electrons. The van der Waals surface area contributed by atoms with Gasteiger partial charge in [-0.25, -0.2) is 0 Å². The molecular weight excluding hydrogens is 280 g/mol. The van der Waals surface area contributed by atoms with Gasteiger partial charge in [0, 0.05) is 0 Å². The molecule has 0 amide bonds. The van der Waals surface area contributed by atoms with Crippen LogP contribution in [0, 0.1) is 13.8 Å². The Bertz CT molecular complexity index is 436. The highest BCUT2D eigenvalue weighted by Crippen LogP contribution is 2.33. The molecule has 1 nitrogen and oxygen atoms in total. The summed E-state index contributed by atoms with van der Waals surface area (Å²) in [7, 11) is 0. The third kappa shape index (κ3) is 7.90. The number of phenols is 1. The van der Waals surface area contributed by atoms with Crippen LogP contribution in [-0.2, 0) is 0 Å². The van der Waals surface area contributed by atoms with Gasteiger partial charge in [-0.15, -0.1) is 0 Å². The first-order chi connectivity index (χ1) is 11.1. The standard InChI is InChI=1S/C22H38O/c1-5-6-7-8-9-10-11-12-13-14-15-19(3)21-17-18(2)16-20(4)22(21)23/h16-17,19,23H,5-15H2,1-4H3/t19-/m1/s1. The summed E-state index contributed by atoms with van der Waals surface area (Å²) in [4.78, 5) is 0. The monoisotopic (exact) mass is 318 g/mol. The Morgan fingerprint density at radius 3 is 1.91 bits per heavy atom. The molecule has 1 aromatic rings. The molecule has 0 bridgehead atoms. The lowest BCUT2D eigenvalue weighted by Crippen LogP contribution is -1.97. The molecule has 1 N–H and O–H groups in total. The van der Waals surface area contributed by atoms with Crippen molar-refractivity contribution in [1.29, 1.82) is 0 Å². The van der Waals surface area contributed by atoms with Gasteiger partial charge in [0.15, 0.2) is 0 Å². The van der Waals surface area contributed by atoms with Crippen molar-refractivity contribution in [2.24, 2.45) is 0 Å². The largest absolute Gasteiger partial charge is 0.507 e. The molecule has 0 fully saturated rings. The summed E-state index contributed by atoms with van der Waals surface area (Å²) in [6, 6.07) is 4.22. The summed E-state index contributed by atoms with van der Waals surface area (Å²) in [5.74, 6) is 0.970. The second kappa shape index (κ2) is 11.5. The SMILES string of the molecule is CCCCCCCCCCCC[C@@H](C)c1cc(C)cc(C)c1O. The molecule has 0 radical (unpaired) electrons. The highest BCUT2D eigenvalue weighted by molar-refractivity contribution is 5.44. The second-order valence-electron chi connectivity index (χ2n) is 7.39. The first-order valence-corrected chi connectivity index (χ1v) is 9.86. The minimum absolute atomic E-state index is 0.461. The maximum Gasteiger partial charge on any atom is 0.121 e. The van der Waals surface area contributed by atoms with Crippen LogP contribution in [0.25, 0.3) is 0 Å². The fourth-order valence-electron chi connectivity index (χ4n) is 3.46. The third-order valence-electron chi connectivity index (χ3n) is 5.00. The molecule has 0 aromatic heterocycles. The van der Waals surface area contributed by atoms with Crippen LogP contribution < -0.4 is 0 Å². The molecule has 0 aliphatic rings. The molecule has 23 heavy (non-hydrogen) atoms. The number of benzene rings is 1. The van der Waals surface area contributed by atoms with Crippen LogP contribution in [0.15, 0.2) is 12.1 Å². The van der Waals surface area contributed by atoms with Gasteiger partial charge in [0.05, 0.1) is 0 Å². The molecule has 1 aromatic carbocycles. The Morgan fingerprint density at radius 1 is 0.826 bits per heavy atom. The van der Waals surface area contributed by atoms with Crippen molar-refractivity contribution in [3.05, 3.63) is 28.8 Å². The minimum Gasteiger partial charge on any atom is -0.507 e. The molecule has 0 unspecified atom stereocenters. The van der Waals surface area contributed by atoms with E-state index in [4.69, 9.17) is 0 Å². The van der Waals surface area contributed by atoms with E-state index in [1.807, 2.05) is 6.92 Å². The highest BCUT2D eigenvalue weighted by Gasteiger charge is 2.12. The lowest BCUT2D eigenvalue weighted by Gasteiger charge is -2.16. The van der Waals surface area contributed by atoms with Crippen LogP contribution in [0.1, 0.15) is 107 Å². The average molecular weight is 319 g/mol.